The molecule has 1 unspecified atom stereocenters. The third-order valence-electron chi connectivity index (χ3n) is 4.74. The van der Waals surface area contributed by atoms with Gasteiger partial charge in [0.25, 0.3) is 0 Å². The Morgan fingerprint density at radius 3 is 2.83 bits per heavy atom. The molecular formula is C23H24N4O2. The maximum Gasteiger partial charge on any atom is 0.213 e. The minimum Gasteiger partial charge on any atom is -0.493 e. The van der Waals surface area contributed by atoms with Crippen molar-refractivity contribution in [3.63, 3.8) is 0 Å². The van der Waals surface area contributed by atoms with Crippen molar-refractivity contribution >= 4 is 5.96 Å². The van der Waals surface area contributed by atoms with Gasteiger partial charge < -0.3 is 20.5 Å². The first-order valence-corrected chi connectivity index (χ1v) is 9.68. The Kier molecular flexibility index (Phi) is 5.90. The Morgan fingerprint density at radius 2 is 1.93 bits per heavy atom. The molecule has 0 bridgehead atoms. The molecule has 6 heteroatoms. The summed E-state index contributed by atoms with van der Waals surface area (Å²) < 4.78 is 11.5. The summed E-state index contributed by atoms with van der Waals surface area (Å²) in [6.07, 6.45) is 2.57. The molecule has 0 fully saturated rings. The quantitative estimate of drug-likeness (QED) is 0.498. The van der Waals surface area contributed by atoms with Crippen molar-refractivity contribution in [2.45, 2.75) is 25.6 Å². The van der Waals surface area contributed by atoms with Crippen LogP contribution in [0.15, 0.2) is 77.9 Å². The molecule has 2 heterocycles. The second-order valence-corrected chi connectivity index (χ2v) is 6.85. The van der Waals surface area contributed by atoms with Crippen LogP contribution in [0.2, 0.25) is 0 Å². The van der Waals surface area contributed by atoms with Crippen LogP contribution in [0.25, 0.3) is 0 Å². The minimum absolute atomic E-state index is 0.103. The molecule has 0 aliphatic carbocycles. The van der Waals surface area contributed by atoms with Gasteiger partial charge in [-0.05, 0) is 23.3 Å². The van der Waals surface area contributed by atoms with Crippen LogP contribution < -0.4 is 20.5 Å². The number of aromatic nitrogens is 1. The molecule has 2 aromatic carbocycles. The first-order chi connectivity index (χ1) is 14.3. The van der Waals surface area contributed by atoms with Crippen LogP contribution in [0, 0.1) is 0 Å². The van der Waals surface area contributed by atoms with Gasteiger partial charge in [0.05, 0.1) is 19.2 Å². The average Bonchev–Trinajstić information content (AvgIpc) is 2.78. The highest BCUT2D eigenvalue weighted by Crippen LogP contribution is 2.31. The average molecular weight is 388 g/mol. The summed E-state index contributed by atoms with van der Waals surface area (Å²) in [7, 11) is 0. The van der Waals surface area contributed by atoms with Crippen molar-refractivity contribution in [2.75, 3.05) is 6.61 Å². The van der Waals surface area contributed by atoms with Gasteiger partial charge in [-0.2, -0.15) is 0 Å². The van der Waals surface area contributed by atoms with E-state index in [1.165, 1.54) is 0 Å². The van der Waals surface area contributed by atoms with Gasteiger partial charge in [0.2, 0.25) is 5.88 Å². The van der Waals surface area contributed by atoms with Crippen LogP contribution in [0.3, 0.4) is 0 Å². The number of pyridine rings is 1. The van der Waals surface area contributed by atoms with Gasteiger partial charge in [-0.1, -0.05) is 48.5 Å². The summed E-state index contributed by atoms with van der Waals surface area (Å²) in [5.74, 6) is 1.89. The fourth-order valence-corrected chi connectivity index (χ4v) is 3.25. The zero-order valence-corrected chi connectivity index (χ0v) is 16.1. The Bertz CT molecular complexity index is 975. The second-order valence-electron chi connectivity index (χ2n) is 6.85. The number of fused-ring (bicyclic) bond motifs is 1. The van der Waals surface area contributed by atoms with Crippen molar-refractivity contribution in [1.82, 2.24) is 10.3 Å². The highest BCUT2D eigenvalue weighted by molar-refractivity contribution is 5.78. The largest absolute Gasteiger partial charge is 0.493 e. The van der Waals surface area contributed by atoms with Gasteiger partial charge in [0, 0.05) is 24.2 Å². The highest BCUT2D eigenvalue weighted by Gasteiger charge is 2.21. The molecule has 1 aliphatic heterocycles. The lowest BCUT2D eigenvalue weighted by molar-refractivity contribution is 0.262. The molecular weight excluding hydrogens is 364 g/mol. The van der Waals surface area contributed by atoms with Gasteiger partial charge in [0.1, 0.15) is 12.4 Å². The number of nitrogens with two attached hydrogens (primary N) is 1. The fourth-order valence-electron chi connectivity index (χ4n) is 3.25. The van der Waals surface area contributed by atoms with E-state index >= 15 is 0 Å². The van der Waals surface area contributed by atoms with E-state index in [1.807, 2.05) is 60.7 Å². The lowest BCUT2D eigenvalue weighted by atomic mass is 10.0. The maximum atomic E-state index is 6.13. The molecule has 0 saturated carbocycles. The molecule has 3 aromatic rings. The predicted molar refractivity (Wildman–Crippen MR) is 113 cm³/mol. The first kappa shape index (κ1) is 18.8. The number of nitrogens with one attached hydrogen (secondary N) is 1. The van der Waals surface area contributed by atoms with Gasteiger partial charge in [-0.15, -0.1) is 0 Å². The van der Waals surface area contributed by atoms with E-state index in [-0.39, 0.29) is 6.04 Å². The molecule has 0 spiro atoms. The Morgan fingerprint density at radius 1 is 1.10 bits per heavy atom. The van der Waals surface area contributed by atoms with Crippen LogP contribution in [0.5, 0.6) is 11.6 Å². The molecule has 0 saturated heterocycles. The van der Waals surface area contributed by atoms with Gasteiger partial charge >= 0.3 is 0 Å². The first-order valence-electron chi connectivity index (χ1n) is 9.68. The normalized spacial score (nSPS) is 15.9. The third-order valence-corrected chi connectivity index (χ3v) is 4.74. The molecule has 0 radical (unpaired) electrons. The number of hydrogen-bond donors (Lipinski definition) is 2. The number of aliphatic imine (C=N–C) groups is 1. The van der Waals surface area contributed by atoms with Crippen LogP contribution >= 0.6 is 0 Å². The van der Waals surface area contributed by atoms with E-state index in [0.717, 1.165) is 28.9 Å². The van der Waals surface area contributed by atoms with Gasteiger partial charge in [-0.25, -0.2) is 9.98 Å². The molecule has 3 N–H and O–H groups in total. The topological polar surface area (TPSA) is 81.8 Å². The number of benzene rings is 2. The number of para-hydroxylation sites is 1. The van der Waals surface area contributed by atoms with Crippen molar-refractivity contribution in [1.29, 1.82) is 0 Å². The number of guanidine groups is 1. The molecule has 1 atom stereocenters. The second kappa shape index (κ2) is 9.10. The van der Waals surface area contributed by atoms with Crippen LogP contribution in [0.4, 0.5) is 0 Å². The van der Waals surface area contributed by atoms with E-state index in [9.17, 15) is 0 Å². The number of nitrogens with zero attached hydrogens (tertiary/aromatic N) is 2. The molecule has 148 valence electrons. The molecule has 1 aliphatic rings. The lowest BCUT2D eigenvalue weighted by Crippen LogP contribution is -2.37. The minimum atomic E-state index is 0.103. The number of rotatable bonds is 6. The van der Waals surface area contributed by atoms with Crippen molar-refractivity contribution in [3.8, 4) is 11.6 Å². The highest BCUT2D eigenvalue weighted by atomic mass is 16.5. The Labute approximate surface area is 170 Å². The summed E-state index contributed by atoms with van der Waals surface area (Å²) in [5.41, 5.74) is 9.33. The monoisotopic (exact) mass is 388 g/mol. The number of ether oxygens (including phenoxy) is 2. The molecule has 0 amide bonds. The predicted octanol–water partition coefficient (Wildman–Crippen LogP) is 3.59. The van der Waals surface area contributed by atoms with E-state index in [2.05, 4.69) is 21.4 Å². The molecule has 29 heavy (non-hydrogen) atoms. The fraction of sp³-hybridized carbons (Fsp3) is 0.217. The van der Waals surface area contributed by atoms with Gasteiger partial charge in [0.15, 0.2) is 5.96 Å². The van der Waals surface area contributed by atoms with Crippen LogP contribution in [-0.4, -0.2) is 17.6 Å². The SMILES string of the molecule is NC(=NCc1ccnc(OCc2ccccc2)c1)NC1CCOc2ccccc21. The standard InChI is InChI=1S/C23H24N4O2/c24-23(27-20-11-13-28-21-9-5-4-8-19(20)21)26-15-18-10-12-25-22(14-18)29-16-17-6-2-1-3-7-17/h1-10,12,14,20H,11,13,15-16H2,(H3,24,26,27). The van der Waals surface area contributed by atoms with Crippen molar-refractivity contribution in [3.05, 3.63) is 89.6 Å². The molecule has 6 nitrogen and oxygen atoms in total. The van der Waals surface area contributed by atoms with E-state index in [0.29, 0.717) is 31.6 Å². The smallest absolute Gasteiger partial charge is 0.213 e. The van der Waals surface area contributed by atoms with E-state index in [1.54, 1.807) is 6.20 Å². The Balaban J connectivity index is 1.35. The van der Waals surface area contributed by atoms with Gasteiger partial charge in [-0.3, -0.25) is 0 Å². The summed E-state index contributed by atoms with van der Waals surface area (Å²) in [6, 6.07) is 21.9. The summed E-state index contributed by atoms with van der Waals surface area (Å²) in [4.78, 5) is 8.75. The zero-order chi connectivity index (χ0) is 19.9. The molecule has 1 aromatic heterocycles. The number of hydrogen-bond acceptors (Lipinski definition) is 4. The van der Waals surface area contributed by atoms with Crippen LogP contribution in [0.1, 0.15) is 29.2 Å². The lowest BCUT2D eigenvalue weighted by Gasteiger charge is -2.26. The third kappa shape index (κ3) is 5.04. The Hall–Kier alpha value is -3.54. The zero-order valence-electron chi connectivity index (χ0n) is 16.1. The summed E-state index contributed by atoms with van der Waals surface area (Å²) in [5, 5.41) is 3.31. The molecule has 4 rings (SSSR count). The maximum absolute atomic E-state index is 6.13. The summed E-state index contributed by atoms with van der Waals surface area (Å²) in [6.45, 7) is 1.59. The van der Waals surface area contributed by atoms with E-state index < -0.39 is 0 Å². The van der Waals surface area contributed by atoms with Crippen molar-refractivity contribution in [2.24, 2.45) is 10.7 Å². The van der Waals surface area contributed by atoms with E-state index in [4.69, 9.17) is 15.2 Å². The van der Waals surface area contributed by atoms with Crippen LogP contribution in [-0.2, 0) is 13.2 Å². The van der Waals surface area contributed by atoms with Crippen molar-refractivity contribution < 1.29 is 9.47 Å². The summed E-state index contributed by atoms with van der Waals surface area (Å²) >= 11 is 0.